The average molecular weight is 382 g/mol. The van der Waals surface area contributed by atoms with Crippen LogP contribution in [0.3, 0.4) is 0 Å². The summed E-state index contributed by atoms with van der Waals surface area (Å²) < 4.78 is 5.50. The molecule has 2 aliphatic heterocycles. The van der Waals surface area contributed by atoms with Crippen molar-refractivity contribution in [2.75, 3.05) is 20.2 Å². The Morgan fingerprint density at radius 3 is 1.68 bits per heavy atom. The van der Waals surface area contributed by atoms with E-state index in [1.807, 2.05) is 34.3 Å². The summed E-state index contributed by atoms with van der Waals surface area (Å²) >= 11 is 0. The Hall–Kier alpha value is -2.37. The molecular formula is C22H31N5O. The Morgan fingerprint density at radius 2 is 1.25 bits per heavy atom. The van der Waals surface area contributed by atoms with Crippen LogP contribution in [-0.2, 0) is 13.1 Å². The van der Waals surface area contributed by atoms with E-state index in [-0.39, 0.29) is 0 Å². The molecule has 0 amide bonds. The summed E-state index contributed by atoms with van der Waals surface area (Å²) in [5.74, 6) is 0.831. The Bertz CT molecular complexity index is 623. The van der Waals surface area contributed by atoms with Crippen LogP contribution in [0.2, 0.25) is 0 Å². The highest BCUT2D eigenvalue weighted by Gasteiger charge is 2.18. The van der Waals surface area contributed by atoms with Crippen LogP contribution in [0.15, 0.2) is 36.9 Å². The van der Waals surface area contributed by atoms with Gasteiger partial charge in [0.2, 0.25) is 13.3 Å². The van der Waals surface area contributed by atoms with Gasteiger partial charge >= 0.3 is 0 Å². The molecule has 4 radical (unpaired) electrons. The largest absolute Gasteiger partial charge is 0.497 e. The number of unbranched alkanes of at least 4 members (excludes halogenated alkanes) is 2. The summed E-state index contributed by atoms with van der Waals surface area (Å²) in [7, 11) is 1.70. The van der Waals surface area contributed by atoms with Crippen molar-refractivity contribution in [3.63, 3.8) is 0 Å². The molecule has 0 bridgehead atoms. The lowest BCUT2D eigenvalue weighted by molar-refractivity contribution is 0.325. The lowest BCUT2D eigenvalue weighted by Gasteiger charge is -2.20. The molecule has 0 fully saturated rings. The monoisotopic (exact) mass is 381 g/mol. The molecule has 0 N–H and O–H groups in total. The highest BCUT2D eigenvalue weighted by atomic mass is 16.5. The van der Waals surface area contributed by atoms with Crippen molar-refractivity contribution < 1.29 is 4.74 Å². The molecule has 28 heavy (non-hydrogen) atoms. The van der Waals surface area contributed by atoms with Crippen LogP contribution in [0.4, 0.5) is 0 Å². The van der Waals surface area contributed by atoms with Crippen molar-refractivity contribution in [3.8, 4) is 5.75 Å². The number of hydrogen-bond donors (Lipinski definition) is 0. The summed E-state index contributed by atoms with van der Waals surface area (Å²) in [6.45, 7) is 14.5. The minimum absolute atomic E-state index is 0.676. The molecule has 0 spiro atoms. The van der Waals surface area contributed by atoms with Gasteiger partial charge in [-0.3, -0.25) is 4.98 Å². The maximum atomic E-state index is 5.50. The third kappa shape index (κ3) is 5.81. The van der Waals surface area contributed by atoms with Crippen molar-refractivity contribution in [1.82, 2.24) is 24.6 Å². The van der Waals surface area contributed by atoms with Gasteiger partial charge in [0, 0.05) is 50.0 Å². The predicted octanol–water partition coefficient (Wildman–Crippen LogP) is 3.86. The first-order chi connectivity index (χ1) is 13.7. The van der Waals surface area contributed by atoms with Crippen LogP contribution in [0.5, 0.6) is 5.75 Å². The van der Waals surface area contributed by atoms with E-state index in [0.717, 1.165) is 30.2 Å². The molecule has 0 saturated carbocycles. The average Bonchev–Trinajstić information content (AvgIpc) is 3.33. The van der Waals surface area contributed by atoms with Gasteiger partial charge in [-0.2, -0.15) is 0 Å². The second-order valence-corrected chi connectivity index (χ2v) is 7.14. The zero-order valence-corrected chi connectivity index (χ0v) is 17.3. The zero-order valence-electron chi connectivity index (χ0n) is 17.3. The van der Waals surface area contributed by atoms with Crippen LogP contribution in [0, 0.1) is 13.3 Å². The molecule has 0 atom stereocenters. The minimum atomic E-state index is 0.676. The quantitative estimate of drug-likeness (QED) is 0.579. The number of aromatic nitrogens is 1. The molecule has 1 aromatic rings. The third-order valence-electron chi connectivity index (χ3n) is 4.68. The first-order valence-electron chi connectivity index (χ1n) is 10.2. The Morgan fingerprint density at radius 1 is 0.786 bits per heavy atom. The van der Waals surface area contributed by atoms with Crippen molar-refractivity contribution in [1.29, 1.82) is 0 Å². The number of methoxy groups -OCH3 is 1. The Balaban J connectivity index is 1.57. The van der Waals surface area contributed by atoms with Crippen LogP contribution >= 0.6 is 0 Å². The molecule has 0 aromatic carbocycles. The third-order valence-corrected chi connectivity index (χ3v) is 4.68. The topological polar surface area (TPSA) is 35.1 Å². The highest BCUT2D eigenvalue weighted by Crippen LogP contribution is 2.21. The zero-order chi connectivity index (χ0) is 19.8. The number of nitrogens with zero attached hydrogens (tertiary/aromatic N) is 5. The van der Waals surface area contributed by atoms with E-state index >= 15 is 0 Å². The van der Waals surface area contributed by atoms with Gasteiger partial charge in [0.1, 0.15) is 5.75 Å². The van der Waals surface area contributed by atoms with Crippen molar-refractivity contribution in [3.05, 3.63) is 61.7 Å². The van der Waals surface area contributed by atoms with Gasteiger partial charge in [0.15, 0.2) is 0 Å². The normalized spacial score (nSPS) is 16.0. The van der Waals surface area contributed by atoms with E-state index in [4.69, 9.17) is 9.72 Å². The molecule has 6 heteroatoms. The highest BCUT2D eigenvalue weighted by molar-refractivity contribution is 5.28. The predicted molar refractivity (Wildman–Crippen MR) is 110 cm³/mol. The van der Waals surface area contributed by atoms with Crippen molar-refractivity contribution in [2.24, 2.45) is 0 Å². The van der Waals surface area contributed by atoms with Crippen LogP contribution in [0.1, 0.15) is 50.9 Å². The fourth-order valence-corrected chi connectivity index (χ4v) is 3.12. The van der Waals surface area contributed by atoms with Crippen LogP contribution < -0.4 is 4.74 Å². The van der Waals surface area contributed by atoms with Crippen molar-refractivity contribution >= 4 is 0 Å². The van der Waals surface area contributed by atoms with E-state index in [1.54, 1.807) is 7.11 Å². The lowest BCUT2D eigenvalue weighted by atomic mass is 10.2. The Labute approximate surface area is 170 Å². The second kappa shape index (κ2) is 10.2. The van der Waals surface area contributed by atoms with E-state index in [0.29, 0.717) is 13.1 Å². The number of pyridine rings is 1. The Kier molecular flexibility index (Phi) is 7.46. The van der Waals surface area contributed by atoms with Gasteiger partial charge in [-0.05, 0) is 12.8 Å². The summed E-state index contributed by atoms with van der Waals surface area (Å²) in [5.41, 5.74) is 1.93. The summed E-state index contributed by atoms with van der Waals surface area (Å²) in [5, 5.41) is 0. The first-order valence-corrected chi connectivity index (χ1v) is 10.2. The SMILES string of the molecule is CCCCN1[C]N(Cc2cc(OC)cc(CN3[C]N(CCCC)C=C3)n2)C=C1. The molecule has 150 valence electrons. The molecule has 6 nitrogen and oxygen atoms in total. The van der Waals surface area contributed by atoms with Crippen molar-refractivity contribution in [2.45, 2.75) is 52.6 Å². The second-order valence-electron chi connectivity index (χ2n) is 7.14. The maximum absolute atomic E-state index is 5.50. The van der Waals surface area contributed by atoms with Gasteiger partial charge in [0.05, 0.1) is 31.6 Å². The standard InChI is InChI=1S/C22H31N5O/c1-4-6-8-24-10-12-26(18-24)16-20-14-22(28-3)15-21(23-20)17-27-13-11-25(19-27)9-7-5-2/h10-15H,4-9,16-17H2,1-3H3. The lowest BCUT2D eigenvalue weighted by Crippen LogP contribution is -2.22. The molecule has 1 aromatic heterocycles. The molecule has 2 aliphatic rings. The van der Waals surface area contributed by atoms with Crippen LogP contribution in [0.25, 0.3) is 0 Å². The molecule has 0 aliphatic carbocycles. The van der Waals surface area contributed by atoms with E-state index in [1.165, 1.54) is 25.7 Å². The first kappa shape index (κ1) is 20.4. The minimum Gasteiger partial charge on any atom is -0.497 e. The summed E-state index contributed by atoms with van der Waals surface area (Å²) in [6.07, 6.45) is 12.9. The fourth-order valence-electron chi connectivity index (χ4n) is 3.12. The van der Waals surface area contributed by atoms with Gasteiger partial charge in [-0.15, -0.1) is 0 Å². The smallest absolute Gasteiger partial charge is 0.208 e. The van der Waals surface area contributed by atoms with Crippen LogP contribution in [-0.4, -0.2) is 44.8 Å². The molecule has 3 rings (SSSR count). The van der Waals surface area contributed by atoms with Gasteiger partial charge in [-0.1, -0.05) is 26.7 Å². The summed E-state index contributed by atoms with van der Waals surface area (Å²) in [6, 6.07) is 3.99. The van der Waals surface area contributed by atoms with Gasteiger partial charge in [-0.25, -0.2) is 0 Å². The molecular weight excluding hydrogens is 350 g/mol. The summed E-state index contributed by atoms with van der Waals surface area (Å²) in [4.78, 5) is 13.1. The van der Waals surface area contributed by atoms with E-state index in [2.05, 4.69) is 49.4 Å². The number of hydrogen-bond acceptors (Lipinski definition) is 6. The number of ether oxygens (including phenoxy) is 1. The van der Waals surface area contributed by atoms with E-state index < -0.39 is 0 Å². The van der Waals surface area contributed by atoms with E-state index in [9.17, 15) is 0 Å². The molecule has 0 unspecified atom stereocenters. The van der Waals surface area contributed by atoms with Gasteiger partial charge < -0.3 is 24.3 Å². The molecule has 3 heterocycles. The molecule has 0 saturated heterocycles. The number of rotatable bonds is 11. The van der Waals surface area contributed by atoms with Gasteiger partial charge in [0.25, 0.3) is 0 Å². The fraction of sp³-hybridized carbons (Fsp3) is 0.500. The maximum Gasteiger partial charge on any atom is 0.208 e.